The Morgan fingerprint density at radius 1 is 0.875 bits per heavy atom. The maximum absolute atomic E-state index is 5.88. The van der Waals surface area contributed by atoms with Gasteiger partial charge in [-0.2, -0.15) is 0 Å². The summed E-state index contributed by atoms with van der Waals surface area (Å²) in [5, 5.41) is 3.47. The van der Waals surface area contributed by atoms with E-state index < -0.39 is 8.07 Å². The van der Waals surface area contributed by atoms with Gasteiger partial charge in [-0.1, -0.05) is 106 Å². The minimum absolute atomic E-state index is 0. The summed E-state index contributed by atoms with van der Waals surface area (Å²) < 4.78 is 5.88. The maximum Gasteiger partial charge on any atom is 0.183 e. The van der Waals surface area contributed by atoms with Gasteiger partial charge in [0.05, 0.1) is 13.7 Å². The van der Waals surface area contributed by atoms with Crippen molar-refractivity contribution in [2.45, 2.75) is 85.9 Å². The predicted molar refractivity (Wildman–Crippen MR) is 199 cm³/mol. The van der Waals surface area contributed by atoms with E-state index in [1.165, 1.54) is 54.0 Å². The summed E-state index contributed by atoms with van der Waals surface area (Å²) in [6, 6.07) is 27.4. The van der Waals surface area contributed by atoms with Crippen molar-refractivity contribution in [1.82, 2.24) is 15.0 Å². The molecule has 1 fully saturated rings. The van der Waals surface area contributed by atoms with E-state index in [1.54, 1.807) is 0 Å². The second-order valence-electron chi connectivity index (χ2n) is 14.7. The molecule has 48 heavy (non-hydrogen) atoms. The Morgan fingerprint density at radius 2 is 1.62 bits per heavy atom. The van der Waals surface area contributed by atoms with Gasteiger partial charge >= 0.3 is 0 Å². The average molecular weight is 830 g/mol. The molecule has 0 N–H and O–H groups in total. The summed E-state index contributed by atoms with van der Waals surface area (Å²) in [5.74, 6) is 1.51. The van der Waals surface area contributed by atoms with Gasteiger partial charge in [0, 0.05) is 43.9 Å². The van der Waals surface area contributed by atoms with Gasteiger partial charge in [0.25, 0.3) is 0 Å². The van der Waals surface area contributed by atoms with Gasteiger partial charge in [0.15, 0.2) is 5.71 Å². The monoisotopic (exact) mass is 830 g/mol. The third-order valence-corrected chi connectivity index (χ3v) is 11.3. The van der Waals surface area contributed by atoms with Gasteiger partial charge in [-0.15, -0.1) is 48.0 Å². The molecule has 6 heteroatoms. The van der Waals surface area contributed by atoms with Gasteiger partial charge in [-0.25, -0.2) is 4.98 Å². The number of furan rings is 1. The van der Waals surface area contributed by atoms with E-state index in [-0.39, 0.29) is 20.1 Å². The minimum Gasteiger partial charge on any atom is -0.482 e. The second kappa shape index (κ2) is 15.4. The number of fused-ring (bicyclic) bond motifs is 3. The summed E-state index contributed by atoms with van der Waals surface area (Å²) >= 11 is 0. The molecule has 1 aliphatic carbocycles. The fourth-order valence-electron chi connectivity index (χ4n) is 6.77. The van der Waals surface area contributed by atoms with Crippen LogP contribution in [0.2, 0.25) is 19.6 Å². The number of hydrogen-bond acceptors (Lipinski definition) is 4. The van der Waals surface area contributed by atoms with Crippen molar-refractivity contribution in [3.05, 3.63) is 108 Å². The maximum atomic E-state index is 5.88. The van der Waals surface area contributed by atoms with Gasteiger partial charge in [0.1, 0.15) is 0 Å². The van der Waals surface area contributed by atoms with Crippen LogP contribution in [0.1, 0.15) is 61.9 Å². The standard InChI is InChI=1S/C24H23N2O.C18H24NSi.Ir/c1-15-11-22(25-14-19(15)12-17-5-3-4-6-17)18-8-10-23-21(13-18)20-9-7-16(2)26-24(20)27-23;1-14(2)11-16-12-17(15-9-7-6-8-10-15)19-13-18(16)20(3,4)5;/h7-11,14,17H,3-6,12H2,1-2H3;6-9,12-14H,11H2,1-5H3;/q2*-1;. The van der Waals surface area contributed by atoms with Crippen LogP contribution in [-0.4, -0.2) is 23.0 Å². The van der Waals surface area contributed by atoms with E-state index in [0.717, 1.165) is 56.9 Å². The Balaban J connectivity index is 0.000000193. The Bertz CT molecular complexity index is 1990. The van der Waals surface area contributed by atoms with Gasteiger partial charge in [0.2, 0.25) is 0 Å². The molecule has 0 unspecified atom stereocenters. The summed E-state index contributed by atoms with van der Waals surface area (Å²) in [5.41, 5.74) is 10.7. The van der Waals surface area contributed by atoms with Crippen molar-refractivity contribution in [2.75, 3.05) is 0 Å². The molecule has 6 aromatic rings. The van der Waals surface area contributed by atoms with Gasteiger partial charge < -0.3 is 9.40 Å². The smallest absolute Gasteiger partial charge is 0.183 e. The molecule has 4 nitrogen and oxygen atoms in total. The van der Waals surface area contributed by atoms with Crippen molar-refractivity contribution >= 4 is 35.3 Å². The predicted octanol–water partition coefficient (Wildman–Crippen LogP) is 10.5. The molecule has 1 radical (unpaired) electrons. The SMILES string of the molecule is CC(C)Cc1cc(-c2[c-]cccc2)ncc1[Si](C)(C)C.Cc1ccc2c(n1)oc1ccc(-c3cc(C)c(CC4CCCC4)cn3)[c-]c12.[Ir]. The van der Waals surface area contributed by atoms with Crippen molar-refractivity contribution in [1.29, 1.82) is 0 Å². The number of aryl methyl sites for hydroxylation is 2. The molecule has 0 spiro atoms. The first-order valence-electron chi connectivity index (χ1n) is 17.2. The van der Waals surface area contributed by atoms with E-state index in [2.05, 4.69) is 99.2 Å². The molecule has 0 amide bonds. The molecule has 4 aromatic heterocycles. The van der Waals surface area contributed by atoms with Crippen molar-refractivity contribution in [2.24, 2.45) is 11.8 Å². The molecule has 4 heterocycles. The molecular formula is C42H47IrN3OSi-2. The Hall–Kier alpha value is -3.44. The normalized spacial score (nSPS) is 13.5. The van der Waals surface area contributed by atoms with Crippen LogP contribution in [0.5, 0.6) is 0 Å². The Kier molecular flexibility index (Phi) is 11.5. The number of hydrogen-bond donors (Lipinski definition) is 0. The van der Waals surface area contributed by atoms with Crippen LogP contribution < -0.4 is 5.19 Å². The van der Waals surface area contributed by atoms with Crippen LogP contribution in [-0.2, 0) is 32.9 Å². The zero-order chi connectivity index (χ0) is 33.1. The summed E-state index contributed by atoms with van der Waals surface area (Å²) in [6.07, 6.45) is 12.0. The largest absolute Gasteiger partial charge is 0.482 e. The topological polar surface area (TPSA) is 51.8 Å². The van der Waals surface area contributed by atoms with Crippen LogP contribution in [0.15, 0.2) is 77.5 Å². The van der Waals surface area contributed by atoms with Crippen molar-refractivity contribution in [3.63, 3.8) is 0 Å². The summed E-state index contributed by atoms with van der Waals surface area (Å²) in [4.78, 5) is 13.9. The van der Waals surface area contributed by atoms with Crippen molar-refractivity contribution < 1.29 is 24.5 Å². The van der Waals surface area contributed by atoms with Crippen LogP contribution in [0.25, 0.3) is 44.6 Å². The molecule has 251 valence electrons. The van der Waals surface area contributed by atoms with E-state index in [4.69, 9.17) is 9.40 Å². The Labute approximate surface area is 301 Å². The molecule has 7 rings (SSSR count). The quantitative estimate of drug-likeness (QED) is 0.119. The molecule has 0 atom stereocenters. The first kappa shape index (κ1) is 35.9. The van der Waals surface area contributed by atoms with Gasteiger partial charge in [-0.05, 0) is 66.4 Å². The molecule has 0 aliphatic heterocycles. The van der Waals surface area contributed by atoms with Crippen LogP contribution in [0, 0.1) is 37.8 Å². The minimum atomic E-state index is -1.34. The fraction of sp³-hybridized carbons (Fsp3) is 0.357. The first-order valence-corrected chi connectivity index (χ1v) is 20.7. The average Bonchev–Trinajstić information content (AvgIpc) is 3.69. The van der Waals surface area contributed by atoms with Crippen LogP contribution in [0.4, 0.5) is 0 Å². The van der Waals surface area contributed by atoms with E-state index in [9.17, 15) is 0 Å². The van der Waals surface area contributed by atoms with E-state index >= 15 is 0 Å². The number of aromatic nitrogens is 3. The third-order valence-electron chi connectivity index (χ3n) is 9.27. The van der Waals surface area contributed by atoms with Gasteiger partial charge in [-0.3, -0.25) is 4.98 Å². The zero-order valence-corrected chi connectivity index (χ0v) is 32.8. The number of pyridine rings is 3. The summed E-state index contributed by atoms with van der Waals surface area (Å²) in [7, 11) is -1.34. The zero-order valence-electron chi connectivity index (χ0n) is 29.4. The molecular weight excluding hydrogens is 783 g/mol. The second-order valence-corrected chi connectivity index (χ2v) is 19.8. The Morgan fingerprint density at radius 3 is 2.31 bits per heavy atom. The fourth-order valence-corrected chi connectivity index (χ4v) is 8.36. The first-order chi connectivity index (χ1) is 22.5. The molecule has 1 saturated carbocycles. The molecule has 0 bridgehead atoms. The van der Waals surface area contributed by atoms with E-state index in [0.29, 0.717) is 11.6 Å². The third kappa shape index (κ3) is 8.40. The summed E-state index contributed by atoms with van der Waals surface area (Å²) in [6.45, 7) is 15.9. The number of nitrogens with zero attached hydrogens (tertiary/aromatic N) is 3. The molecule has 0 saturated heterocycles. The van der Waals surface area contributed by atoms with Crippen LogP contribution in [0.3, 0.4) is 0 Å². The molecule has 2 aromatic carbocycles. The molecule has 1 aliphatic rings. The number of benzene rings is 2. The van der Waals surface area contributed by atoms with E-state index in [1.807, 2.05) is 43.3 Å². The van der Waals surface area contributed by atoms with Crippen LogP contribution >= 0.6 is 0 Å². The number of rotatable bonds is 7. The van der Waals surface area contributed by atoms with Crippen molar-refractivity contribution in [3.8, 4) is 22.5 Å².